The summed E-state index contributed by atoms with van der Waals surface area (Å²) < 4.78 is 7.34. The highest BCUT2D eigenvalue weighted by molar-refractivity contribution is 6.31. The van der Waals surface area contributed by atoms with Crippen molar-refractivity contribution in [2.75, 3.05) is 13.2 Å². The first kappa shape index (κ1) is 13.8. The van der Waals surface area contributed by atoms with Gasteiger partial charge in [0.05, 0.1) is 16.4 Å². The summed E-state index contributed by atoms with van der Waals surface area (Å²) in [5.74, 6) is 0.537. The predicted octanol–water partition coefficient (Wildman–Crippen LogP) is 2.16. The third kappa shape index (κ3) is 2.87. The highest BCUT2D eigenvalue weighted by Gasteiger charge is 2.24. The van der Waals surface area contributed by atoms with Gasteiger partial charge >= 0.3 is 0 Å². The maximum Gasteiger partial charge on any atom is 0.0847 e. The molecule has 1 saturated heterocycles. The summed E-state index contributed by atoms with van der Waals surface area (Å²) in [5.41, 5.74) is 8.30. The zero-order valence-corrected chi connectivity index (χ0v) is 11.9. The van der Waals surface area contributed by atoms with E-state index >= 15 is 0 Å². The molecule has 0 amide bonds. The zero-order valence-electron chi connectivity index (χ0n) is 11.2. The first-order valence-corrected chi connectivity index (χ1v) is 7.06. The average Bonchev–Trinajstić information content (AvgIpc) is 2.67. The van der Waals surface area contributed by atoms with Crippen LogP contribution in [0.25, 0.3) is 0 Å². The normalized spacial score (nSPS) is 19.1. The quantitative estimate of drug-likeness (QED) is 0.913. The molecule has 0 aliphatic carbocycles. The topological polar surface area (TPSA) is 53.1 Å². The van der Waals surface area contributed by atoms with Crippen molar-refractivity contribution >= 4 is 11.6 Å². The van der Waals surface area contributed by atoms with E-state index in [0.717, 1.165) is 55.4 Å². The fourth-order valence-electron chi connectivity index (χ4n) is 2.60. The van der Waals surface area contributed by atoms with Crippen molar-refractivity contribution in [1.82, 2.24) is 9.78 Å². The largest absolute Gasteiger partial charge is 0.381 e. The summed E-state index contributed by atoms with van der Waals surface area (Å²) in [5, 5.41) is 5.21. The van der Waals surface area contributed by atoms with Gasteiger partial charge in [-0.15, -0.1) is 0 Å². The molecule has 2 N–H and O–H groups in total. The Morgan fingerprint density at radius 3 is 2.78 bits per heavy atom. The molecular formula is C13H22ClN3O. The van der Waals surface area contributed by atoms with E-state index in [0.29, 0.717) is 5.92 Å². The third-order valence-electron chi connectivity index (χ3n) is 3.75. The zero-order chi connectivity index (χ0) is 13.1. The van der Waals surface area contributed by atoms with Crippen molar-refractivity contribution in [2.45, 2.75) is 45.7 Å². The van der Waals surface area contributed by atoms with Crippen molar-refractivity contribution < 1.29 is 4.74 Å². The van der Waals surface area contributed by atoms with Crippen LogP contribution in [0.15, 0.2) is 0 Å². The molecule has 1 fully saturated rings. The minimum atomic E-state index is 0.146. The SMILES string of the molecule is CCn1nc(C)c(Cl)c1CC(N)C1CCOCC1. The molecule has 0 radical (unpaired) electrons. The molecule has 4 nitrogen and oxygen atoms in total. The molecule has 1 aromatic heterocycles. The highest BCUT2D eigenvalue weighted by Crippen LogP contribution is 2.25. The highest BCUT2D eigenvalue weighted by atomic mass is 35.5. The van der Waals surface area contributed by atoms with Crippen LogP contribution in [0.4, 0.5) is 0 Å². The second-order valence-corrected chi connectivity index (χ2v) is 5.36. The fraction of sp³-hybridized carbons (Fsp3) is 0.769. The van der Waals surface area contributed by atoms with E-state index in [4.69, 9.17) is 22.1 Å². The van der Waals surface area contributed by atoms with Crippen molar-refractivity contribution in [3.05, 3.63) is 16.4 Å². The van der Waals surface area contributed by atoms with Gasteiger partial charge in [-0.2, -0.15) is 5.10 Å². The number of hydrogen-bond acceptors (Lipinski definition) is 3. The lowest BCUT2D eigenvalue weighted by atomic mass is 9.89. The molecule has 2 heterocycles. The number of aryl methyl sites for hydroxylation is 2. The van der Waals surface area contributed by atoms with Crippen LogP contribution >= 0.6 is 11.6 Å². The van der Waals surface area contributed by atoms with Gasteiger partial charge < -0.3 is 10.5 Å². The lowest BCUT2D eigenvalue weighted by Crippen LogP contribution is -2.36. The second kappa shape index (κ2) is 6.04. The van der Waals surface area contributed by atoms with E-state index in [2.05, 4.69) is 12.0 Å². The Morgan fingerprint density at radius 2 is 2.17 bits per heavy atom. The van der Waals surface area contributed by atoms with Gasteiger partial charge in [0.2, 0.25) is 0 Å². The fourth-order valence-corrected chi connectivity index (χ4v) is 2.81. The first-order chi connectivity index (χ1) is 8.63. The summed E-state index contributed by atoms with van der Waals surface area (Å²) >= 11 is 6.31. The molecule has 0 saturated carbocycles. The standard InChI is InChI=1S/C13H22ClN3O/c1-3-17-12(13(14)9(2)16-17)8-11(15)10-4-6-18-7-5-10/h10-11H,3-8,15H2,1-2H3. The van der Waals surface area contributed by atoms with Gasteiger partial charge in [-0.05, 0) is 32.6 Å². The first-order valence-electron chi connectivity index (χ1n) is 6.68. The maximum atomic E-state index is 6.33. The Balaban J connectivity index is 2.08. The lowest BCUT2D eigenvalue weighted by Gasteiger charge is -2.27. The molecule has 102 valence electrons. The van der Waals surface area contributed by atoms with Crippen molar-refractivity contribution in [1.29, 1.82) is 0 Å². The van der Waals surface area contributed by atoms with Crippen LogP contribution in [-0.4, -0.2) is 29.0 Å². The summed E-state index contributed by atoms with van der Waals surface area (Å²) in [6.45, 7) is 6.52. The predicted molar refractivity (Wildman–Crippen MR) is 72.9 cm³/mol. The Hall–Kier alpha value is -0.580. The van der Waals surface area contributed by atoms with Crippen molar-refractivity contribution in [2.24, 2.45) is 11.7 Å². The van der Waals surface area contributed by atoms with Gasteiger partial charge in [-0.1, -0.05) is 11.6 Å². The molecule has 0 bridgehead atoms. The summed E-state index contributed by atoms with van der Waals surface area (Å²) in [6.07, 6.45) is 2.91. The van der Waals surface area contributed by atoms with Crippen LogP contribution in [0, 0.1) is 12.8 Å². The number of rotatable bonds is 4. The average molecular weight is 272 g/mol. The molecule has 5 heteroatoms. The van der Waals surface area contributed by atoms with Crippen LogP contribution in [0.5, 0.6) is 0 Å². The Kier molecular flexibility index (Phi) is 4.65. The molecule has 0 spiro atoms. The van der Waals surface area contributed by atoms with Gasteiger partial charge in [0.15, 0.2) is 0 Å². The van der Waals surface area contributed by atoms with E-state index in [1.165, 1.54) is 0 Å². The number of ether oxygens (including phenoxy) is 1. The molecule has 2 rings (SSSR count). The summed E-state index contributed by atoms with van der Waals surface area (Å²) in [4.78, 5) is 0. The summed E-state index contributed by atoms with van der Waals surface area (Å²) in [6, 6.07) is 0.146. The smallest absolute Gasteiger partial charge is 0.0847 e. The molecule has 1 aliphatic heterocycles. The van der Waals surface area contributed by atoms with Gasteiger partial charge in [0.25, 0.3) is 0 Å². The molecule has 1 aliphatic rings. The van der Waals surface area contributed by atoms with Crippen molar-refractivity contribution in [3.8, 4) is 0 Å². The monoisotopic (exact) mass is 271 g/mol. The molecule has 0 aromatic carbocycles. The molecule has 1 aromatic rings. The maximum absolute atomic E-state index is 6.33. The minimum Gasteiger partial charge on any atom is -0.381 e. The van der Waals surface area contributed by atoms with Gasteiger partial charge in [-0.3, -0.25) is 4.68 Å². The van der Waals surface area contributed by atoms with Crippen LogP contribution in [0.1, 0.15) is 31.2 Å². The van der Waals surface area contributed by atoms with Gasteiger partial charge in [0, 0.05) is 32.2 Å². The summed E-state index contributed by atoms with van der Waals surface area (Å²) in [7, 11) is 0. The van der Waals surface area contributed by atoms with E-state index in [9.17, 15) is 0 Å². The number of nitrogens with zero attached hydrogens (tertiary/aromatic N) is 2. The van der Waals surface area contributed by atoms with Gasteiger partial charge in [0.1, 0.15) is 0 Å². The third-order valence-corrected chi connectivity index (χ3v) is 4.24. The van der Waals surface area contributed by atoms with Crippen molar-refractivity contribution in [3.63, 3.8) is 0 Å². The lowest BCUT2D eigenvalue weighted by molar-refractivity contribution is 0.0583. The molecule has 1 unspecified atom stereocenters. The Morgan fingerprint density at radius 1 is 1.50 bits per heavy atom. The van der Waals surface area contributed by atoms with Crippen LogP contribution < -0.4 is 5.73 Å². The van der Waals surface area contributed by atoms with E-state index in [1.807, 2.05) is 11.6 Å². The van der Waals surface area contributed by atoms with E-state index < -0.39 is 0 Å². The molecule has 1 atom stereocenters. The number of hydrogen-bond donors (Lipinski definition) is 1. The van der Waals surface area contributed by atoms with Gasteiger partial charge in [-0.25, -0.2) is 0 Å². The number of aromatic nitrogens is 2. The second-order valence-electron chi connectivity index (χ2n) is 4.98. The number of nitrogens with two attached hydrogens (primary N) is 1. The molecular weight excluding hydrogens is 250 g/mol. The minimum absolute atomic E-state index is 0.146. The number of halogens is 1. The van der Waals surface area contributed by atoms with Crippen LogP contribution in [-0.2, 0) is 17.7 Å². The Labute approximate surface area is 113 Å². The van der Waals surface area contributed by atoms with E-state index in [1.54, 1.807) is 0 Å². The van der Waals surface area contributed by atoms with Crippen LogP contribution in [0.3, 0.4) is 0 Å². The molecule has 18 heavy (non-hydrogen) atoms. The van der Waals surface area contributed by atoms with E-state index in [-0.39, 0.29) is 6.04 Å². The Bertz CT molecular complexity index is 399. The van der Waals surface area contributed by atoms with Crippen LogP contribution in [0.2, 0.25) is 5.02 Å².